The summed E-state index contributed by atoms with van der Waals surface area (Å²) in [6.07, 6.45) is 0.00742. The minimum atomic E-state index is -0.574. The van der Waals surface area contributed by atoms with E-state index in [1.807, 2.05) is 18.2 Å². The number of benzene rings is 3. The van der Waals surface area contributed by atoms with Gasteiger partial charge in [-0.05, 0) is 54.4 Å². The molecular formula is C31H31Br2N3O5. The molecule has 1 aliphatic rings. The number of hydrogen-bond acceptors (Lipinski definition) is 7. The van der Waals surface area contributed by atoms with Crippen LogP contribution in [0, 0.1) is 0 Å². The molecule has 0 amide bonds. The Kier molecular flexibility index (Phi) is 8.11. The summed E-state index contributed by atoms with van der Waals surface area (Å²) in [4.78, 5) is 14.8. The van der Waals surface area contributed by atoms with Crippen LogP contribution in [0.1, 0.15) is 12.0 Å². The number of aliphatic hydroxyl groups excluding tert-OH is 1. The number of aromatic nitrogens is 1. The Morgan fingerprint density at radius 1 is 0.976 bits per heavy atom. The van der Waals surface area contributed by atoms with Gasteiger partial charge in [-0.1, -0.05) is 31.9 Å². The third-order valence-corrected chi connectivity index (χ3v) is 8.89. The monoisotopic (exact) mass is 683 g/mol. The molecule has 41 heavy (non-hydrogen) atoms. The van der Waals surface area contributed by atoms with Crippen LogP contribution in [-0.2, 0) is 13.1 Å². The second-order valence-electron chi connectivity index (χ2n) is 10.4. The van der Waals surface area contributed by atoms with E-state index >= 15 is 0 Å². The third-order valence-electron chi connectivity index (χ3n) is 7.91. The van der Waals surface area contributed by atoms with Crippen molar-refractivity contribution in [2.75, 3.05) is 33.9 Å². The SMILES string of the molecule is COc1cc2oc(=O)cc(CN3CCNCC3CC(O)Cn3c4ccc(Br)cc4c4cc(Br)ccc43)c2cc1OC. The van der Waals surface area contributed by atoms with Crippen molar-refractivity contribution in [2.24, 2.45) is 0 Å². The van der Waals surface area contributed by atoms with Crippen molar-refractivity contribution in [3.63, 3.8) is 0 Å². The number of ether oxygens (including phenoxy) is 2. The van der Waals surface area contributed by atoms with Crippen molar-refractivity contribution in [1.29, 1.82) is 0 Å². The van der Waals surface area contributed by atoms with E-state index < -0.39 is 11.7 Å². The van der Waals surface area contributed by atoms with Crippen molar-refractivity contribution in [2.45, 2.75) is 31.7 Å². The molecule has 2 aromatic heterocycles. The second kappa shape index (κ2) is 11.8. The Balaban J connectivity index is 1.27. The molecule has 0 spiro atoms. The van der Waals surface area contributed by atoms with Crippen LogP contribution >= 0.6 is 31.9 Å². The standard InChI is InChI=1S/C31H31Br2N3O5/c1-39-29-13-23-18(9-31(38)41-28(23)14-30(29)40-2)16-35-8-7-34-15-21(35)12-22(37)17-36-26-5-3-19(32)10-24(26)25-11-20(33)4-6-27(25)36/h3-6,9-11,13-14,21-22,34,37H,7-8,12,15-17H2,1-2H3. The van der Waals surface area contributed by atoms with Crippen LogP contribution < -0.4 is 20.4 Å². The highest BCUT2D eigenvalue weighted by atomic mass is 79.9. The fourth-order valence-corrected chi connectivity index (χ4v) is 6.71. The molecule has 0 aliphatic carbocycles. The first-order valence-electron chi connectivity index (χ1n) is 13.5. The average Bonchev–Trinajstić information content (AvgIpc) is 3.24. The summed E-state index contributed by atoms with van der Waals surface area (Å²) in [7, 11) is 3.14. The van der Waals surface area contributed by atoms with E-state index in [9.17, 15) is 9.90 Å². The van der Waals surface area contributed by atoms with Gasteiger partial charge in [0.05, 0.1) is 20.3 Å². The van der Waals surface area contributed by atoms with Crippen LogP contribution in [0.2, 0.25) is 0 Å². The number of methoxy groups -OCH3 is 2. The number of fused-ring (bicyclic) bond motifs is 4. The highest BCUT2D eigenvalue weighted by Gasteiger charge is 2.27. The largest absolute Gasteiger partial charge is 0.493 e. The number of nitrogens with one attached hydrogen (secondary N) is 1. The lowest BCUT2D eigenvalue weighted by Gasteiger charge is -2.37. The van der Waals surface area contributed by atoms with Crippen LogP contribution in [0.15, 0.2) is 72.8 Å². The summed E-state index contributed by atoms with van der Waals surface area (Å²) in [6.45, 7) is 3.40. The van der Waals surface area contributed by atoms with Gasteiger partial charge in [0.15, 0.2) is 11.5 Å². The molecule has 6 rings (SSSR count). The molecule has 2 unspecified atom stereocenters. The molecule has 0 bridgehead atoms. The predicted molar refractivity (Wildman–Crippen MR) is 168 cm³/mol. The molecule has 3 heterocycles. The Morgan fingerprint density at radius 3 is 2.29 bits per heavy atom. The van der Waals surface area contributed by atoms with Gasteiger partial charge >= 0.3 is 5.63 Å². The Morgan fingerprint density at radius 2 is 1.63 bits per heavy atom. The lowest BCUT2D eigenvalue weighted by Crippen LogP contribution is -2.52. The minimum Gasteiger partial charge on any atom is -0.493 e. The minimum absolute atomic E-state index is 0.0811. The number of piperazine rings is 1. The molecule has 214 valence electrons. The fourth-order valence-electron chi connectivity index (χ4n) is 5.99. The van der Waals surface area contributed by atoms with Crippen LogP contribution in [0.5, 0.6) is 11.5 Å². The summed E-state index contributed by atoms with van der Waals surface area (Å²) < 4.78 is 20.7. The molecule has 10 heteroatoms. The predicted octanol–water partition coefficient (Wildman–Crippen LogP) is 5.67. The highest BCUT2D eigenvalue weighted by molar-refractivity contribution is 9.10. The normalized spacial score (nSPS) is 17.0. The second-order valence-corrected chi connectivity index (χ2v) is 12.3. The molecule has 1 fully saturated rings. The van der Waals surface area contributed by atoms with Crippen molar-refractivity contribution in [3.8, 4) is 11.5 Å². The molecule has 5 aromatic rings. The maximum atomic E-state index is 12.5. The molecular weight excluding hydrogens is 654 g/mol. The van der Waals surface area contributed by atoms with E-state index in [1.54, 1.807) is 26.4 Å². The van der Waals surface area contributed by atoms with E-state index in [4.69, 9.17) is 13.9 Å². The first-order valence-corrected chi connectivity index (χ1v) is 15.1. The topological polar surface area (TPSA) is 89.1 Å². The Hall–Kier alpha value is -2.89. The zero-order valence-corrected chi connectivity index (χ0v) is 26.0. The zero-order valence-electron chi connectivity index (χ0n) is 22.8. The molecule has 2 N–H and O–H groups in total. The van der Waals surface area contributed by atoms with Crippen molar-refractivity contribution in [1.82, 2.24) is 14.8 Å². The van der Waals surface area contributed by atoms with Gasteiger partial charge in [0, 0.05) is 87.0 Å². The lowest BCUT2D eigenvalue weighted by atomic mass is 10.0. The van der Waals surface area contributed by atoms with E-state index in [1.165, 1.54) is 0 Å². The van der Waals surface area contributed by atoms with Gasteiger partial charge in [-0.2, -0.15) is 0 Å². The van der Waals surface area contributed by atoms with Gasteiger partial charge in [0.1, 0.15) is 5.58 Å². The summed E-state index contributed by atoms with van der Waals surface area (Å²) in [5.41, 5.74) is 3.09. The molecule has 0 saturated carbocycles. The average molecular weight is 685 g/mol. The summed E-state index contributed by atoms with van der Waals surface area (Å²) in [5.74, 6) is 1.08. The Labute approximate surface area is 254 Å². The van der Waals surface area contributed by atoms with Crippen LogP contribution in [0.3, 0.4) is 0 Å². The van der Waals surface area contributed by atoms with E-state index in [-0.39, 0.29) is 6.04 Å². The fraction of sp³-hybridized carbons (Fsp3) is 0.323. The smallest absolute Gasteiger partial charge is 0.336 e. The summed E-state index contributed by atoms with van der Waals surface area (Å²) in [5, 5.41) is 18.0. The number of hydrogen-bond donors (Lipinski definition) is 2. The van der Waals surface area contributed by atoms with Gasteiger partial charge in [-0.25, -0.2) is 4.79 Å². The van der Waals surface area contributed by atoms with Gasteiger partial charge in [-0.3, -0.25) is 4.90 Å². The van der Waals surface area contributed by atoms with Gasteiger partial charge in [0.2, 0.25) is 0 Å². The van der Waals surface area contributed by atoms with Crippen molar-refractivity contribution in [3.05, 3.63) is 79.5 Å². The number of rotatable bonds is 8. The van der Waals surface area contributed by atoms with Gasteiger partial charge in [0.25, 0.3) is 0 Å². The molecule has 1 aliphatic heterocycles. The van der Waals surface area contributed by atoms with Crippen molar-refractivity contribution < 1.29 is 19.0 Å². The van der Waals surface area contributed by atoms with Crippen molar-refractivity contribution >= 4 is 64.6 Å². The van der Waals surface area contributed by atoms with E-state index in [0.717, 1.165) is 61.3 Å². The van der Waals surface area contributed by atoms with Crippen LogP contribution in [0.25, 0.3) is 32.8 Å². The van der Waals surface area contributed by atoms with Crippen LogP contribution in [-0.4, -0.2) is 60.6 Å². The summed E-state index contributed by atoms with van der Waals surface area (Å²) >= 11 is 7.22. The first-order chi connectivity index (χ1) is 19.8. The lowest BCUT2D eigenvalue weighted by molar-refractivity contribution is 0.0741. The number of aliphatic hydroxyl groups is 1. The number of nitrogens with zero attached hydrogens (tertiary/aromatic N) is 2. The highest BCUT2D eigenvalue weighted by Crippen LogP contribution is 2.35. The molecule has 2 atom stereocenters. The Bertz CT molecular complexity index is 1740. The van der Waals surface area contributed by atoms with Gasteiger partial charge in [-0.15, -0.1) is 0 Å². The maximum Gasteiger partial charge on any atom is 0.336 e. The maximum absolute atomic E-state index is 12.5. The molecule has 3 aromatic carbocycles. The summed E-state index contributed by atoms with van der Waals surface area (Å²) in [6, 6.07) is 17.7. The molecule has 1 saturated heterocycles. The van der Waals surface area contributed by atoms with Gasteiger partial charge < -0.3 is 28.9 Å². The zero-order chi connectivity index (χ0) is 28.7. The molecule has 8 nitrogen and oxygen atoms in total. The first kappa shape index (κ1) is 28.2. The van der Waals surface area contributed by atoms with E-state index in [0.29, 0.717) is 36.6 Å². The number of halogens is 2. The van der Waals surface area contributed by atoms with E-state index in [2.05, 4.69) is 70.9 Å². The third kappa shape index (κ3) is 5.63. The molecule has 0 radical (unpaired) electrons. The quantitative estimate of drug-likeness (QED) is 0.204. The van der Waals surface area contributed by atoms with Crippen LogP contribution in [0.4, 0.5) is 0 Å².